The lowest BCUT2D eigenvalue weighted by Crippen LogP contribution is -2.34. The minimum Gasteiger partial charge on any atom is -0.493 e. The molecule has 2 aromatic rings. The molecule has 2 aromatic carbocycles. The van der Waals surface area contributed by atoms with Gasteiger partial charge in [0.25, 0.3) is 0 Å². The van der Waals surface area contributed by atoms with Crippen LogP contribution in [0.4, 0.5) is 0 Å². The highest BCUT2D eigenvalue weighted by Gasteiger charge is 2.21. The van der Waals surface area contributed by atoms with E-state index in [0.717, 1.165) is 5.56 Å². The van der Waals surface area contributed by atoms with Gasteiger partial charge in [-0.25, -0.2) is 13.1 Å². The number of ether oxygens (including phenoxy) is 2. The number of nitrogens with one attached hydrogen (secondary N) is 1. The topological polar surface area (TPSA) is 67.9 Å². The highest BCUT2D eigenvalue weighted by Crippen LogP contribution is 2.29. The zero-order valence-electron chi connectivity index (χ0n) is 14.9. The standard InChI is InChI=1S/C18H24N2O4S/c1-20(2)16(14-8-6-5-7-9-14)13-19-25(21,22)15-10-11-17(23-3)18(12-15)24-4/h5-12,16,19H,13H2,1-4H3. The average molecular weight is 364 g/mol. The summed E-state index contributed by atoms with van der Waals surface area (Å²) in [6, 6.07) is 14.2. The summed E-state index contributed by atoms with van der Waals surface area (Å²) in [6.07, 6.45) is 0. The van der Waals surface area contributed by atoms with Gasteiger partial charge in [0.05, 0.1) is 19.1 Å². The van der Waals surface area contributed by atoms with Crippen molar-refractivity contribution in [2.75, 3.05) is 34.9 Å². The maximum atomic E-state index is 12.6. The third kappa shape index (κ3) is 4.72. The van der Waals surface area contributed by atoms with Crippen molar-refractivity contribution in [3.63, 3.8) is 0 Å². The molecule has 0 aliphatic heterocycles. The molecule has 0 amide bonds. The van der Waals surface area contributed by atoms with Crippen molar-refractivity contribution in [1.82, 2.24) is 9.62 Å². The molecule has 0 fully saturated rings. The Bertz CT molecular complexity index is 792. The highest BCUT2D eigenvalue weighted by molar-refractivity contribution is 7.89. The van der Waals surface area contributed by atoms with E-state index in [9.17, 15) is 8.42 Å². The second-order valence-electron chi connectivity index (χ2n) is 5.76. The average Bonchev–Trinajstić information content (AvgIpc) is 2.61. The SMILES string of the molecule is COc1ccc(S(=O)(=O)NCC(c2ccccc2)N(C)C)cc1OC. The maximum Gasteiger partial charge on any atom is 0.240 e. The van der Waals surface area contributed by atoms with E-state index in [4.69, 9.17) is 9.47 Å². The van der Waals surface area contributed by atoms with Crippen LogP contribution in [0.3, 0.4) is 0 Å². The van der Waals surface area contributed by atoms with Gasteiger partial charge in [0, 0.05) is 18.7 Å². The molecule has 2 rings (SSSR count). The molecule has 0 heterocycles. The molecule has 0 aliphatic rings. The number of sulfonamides is 1. The van der Waals surface area contributed by atoms with Gasteiger partial charge in [-0.1, -0.05) is 30.3 Å². The first-order chi connectivity index (χ1) is 11.9. The number of hydrogen-bond acceptors (Lipinski definition) is 5. The van der Waals surface area contributed by atoms with E-state index in [0.29, 0.717) is 11.5 Å². The monoisotopic (exact) mass is 364 g/mol. The fourth-order valence-electron chi connectivity index (χ4n) is 2.53. The van der Waals surface area contributed by atoms with Crippen molar-refractivity contribution < 1.29 is 17.9 Å². The molecule has 0 aliphatic carbocycles. The quantitative estimate of drug-likeness (QED) is 0.778. The molecule has 0 aromatic heterocycles. The molecule has 6 nitrogen and oxygen atoms in total. The van der Waals surface area contributed by atoms with Gasteiger partial charge in [-0.05, 0) is 31.8 Å². The van der Waals surface area contributed by atoms with Crippen LogP contribution in [0.5, 0.6) is 11.5 Å². The number of hydrogen-bond donors (Lipinski definition) is 1. The third-order valence-corrected chi connectivity index (χ3v) is 5.36. The van der Waals surface area contributed by atoms with Crippen molar-refractivity contribution in [3.8, 4) is 11.5 Å². The second kappa shape index (κ2) is 8.33. The highest BCUT2D eigenvalue weighted by atomic mass is 32.2. The molecule has 0 radical (unpaired) electrons. The molecule has 136 valence electrons. The number of likely N-dealkylation sites (N-methyl/N-ethyl adjacent to an activating group) is 1. The number of nitrogens with zero attached hydrogens (tertiary/aromatic N) is 1. The predicted molar refractivity (Wildman–Crippen MR) is 97.6 cm³/mol. The summed E-state index contributed by atoms with van der Waals surface area (Å²) < 4.78 is 38.3. The first-order valence-electron chi connectivity index (χ1n) is 7.82. The molecule has 0 saturated carbocycles. The lowest BCUT2D eigenvalue weighted by Gasteiger charge is -2.25. The van der Waals surface area contributed by atoms with Crippen LogP contribution in [0.15, 0.2) is 53.4 Å². The van der Waals surface area contributed by atoms with Gasteiger partial charge in [-0.2, -0.15) is 0 Å². The van der Waals surface area contributed by atoms with Crippen LogP contribution in [0.1, 0.15) is 11.6 Å². The first-order valence-corrected chi connectivity index (χ1v) is 9.30. The Kier molecular flexibility index (Phi) is 6.41. The van der Waals surface area contributed by atoms with E-state index < -0.39 is 10.0 Å². The van der Waals surface area contributed by atoms with Crippen molar-refractivity contribution in [1.29, 1.82) is 0 Å². The van der Waals surface area contributed by atoms with Gasteiger partial charge >= 0.3 is 0 Å². The van der Waals surface area contributed by atoms with Crippen LogP contribution in [0.25, 0.3) is 0 Å². The minimum absolute atomic E-state index is 0.0730. The van der Waals surface area contributed by atoms with E-state index in [1.807, 2.05) is 49.3 Å². The Morgan fingerprint density at radius 2 is 1.64 bits per heavy atom. The third-order valence-electron chi connectivity index (χ3n) is 3.94. The number of methoxy groups -OCH3 is 2. The predicted octanol–water partition coefficient (Wildman–Crippen LogP) is 2.29. The zero-order chi connectivity index (χ0) is 18.4. The largest absolute Gasteiger partial charge is 0.493 e. The van der Waals surface area contributed by atoms with Crippen LogP contribution in [0, 0.1) is 0 Å². The lowest BCUT2D eigenvalue weighted by atomic mass is 10.1. The molecule has 1 atom stereocenters. The summed E-state index contributed by atoms with van der Waals surface area (Å²) >= 11 is 0. The Balaban J connectivity index is 2.20. The van der Waals surface area contributed by atoms with Gasteiger partial charge in [0.15, 0.2) is 11.5 Å². The van der Waals surface area contributed by atoms with Crippen molar-refractivity contribution in [2.24, 2.45) is 0 Å². The van der Waals surface area contributed by atoms with Crippen molar-refractivity contribution >= 4 is 10.0 Å². The first kappa shape index (κ1) is 19.2. The minimum atomic E-state index is -3.67. The normalized spacial score (nSPS) is 12.8. The molecule has 0 spiro atoms. The summed E-state index contributed by atoms with van der Waals surface area (Å²) in [6.45, 7) is 0.258. The van der Waals surface area contributed by atoms with E-state index in [-0.39, 0.29) is 17.5 Å². The van der Waals surface area contributed by atoms with Gasteiger partial charge in [-0.3, -0.25) is 0 Å². The zero-order valence-corrected chi connectivity index (χ0v) is 15.7. The fourth-order valence-corrected chi connectivity index (χ4v) is 3.58. The Labute approximate surface area is 149 Å². The molecule has 25 heavy (non-hydrogen) atoms. The lowest BCUT2D eigenvalue weighted by molar-refractivity contribution is 0.299. The van der Waals surface area contributed by atoms with Crippen LogP contribution < -0.4 is 14.2 Å². The maximum absolute atomic E-state index is 12.6. The summed E-state index contributed by atoms with van der Waals surface area (Å²) in [4.78, 5) is 2.11. The van der Waals surface area contributed by atoms with Crippen molar-refractivity contribution in [2.45, 2.75) is 10.9 Å². The van der Waals surface area contributed by atoms with Crippen LogP contribution in [0.2, 0.25) is 0 Å². The van der Waals surface area contributed by atoms with Crippen LogP contribution >= 0.6 is 0 Å². The molecule has 7 heteroatoms. The molecule has 1 unspecified atom stereocenters. The van der Waals surface area contributed by atoms with Gasteiger partial charge < -0.3 is 14.4 Å². The van der Waals surface area contributed by atoms with Crippen molar-refractivity contribution in [3.05, 3.63) is 54.1 Å². The summed E-state index contributed by atoms with van der Waals surface area (Å²) in [5.74, 6) is 0.856. The van der Waals surface area contributed by atoms with Crippen LogP contribution in [-0.4, -0.2) is 48.2 Å². The summed E-state index contributed by atoms with van der Waals surface area (Å²) in [7, 11) is 3.15. The Morgan fingerprint density at radius 1 is 1.00 bits per heavy atom. The van der Waals surface area contributed by atoms with E-state index >= 15 is 0 Å². The second-order valence-corrected chi connectivity index (χ2v) is 7.53. The van der Waals surface area contributed by atoms with Gasteiger partial charge in [-0.15, -0.1) is 0 Å². The van der Waals surface area contributed by atoms with Gasteiger partial charge in [0.2, 0.25) is 10.0 Å². The Morgan fingerprint density at radius 3 is 2.20 bits per heavy atom. The van der Waals surface area contributed by atoms with Crippen LogP contribution in [-0.2, 0) is 10.0 Å². The van der Waals surface area contributed by atoms with E-state index in [1.165, 1.54) is 26.4 Å². The molecule has 0 saturated heterocycles. The summed E-state index contributed by atoms with van der Waals surface area (Å²) in [5, 5.41) is 0. The smallest absolute Gasteiger partial charge is 0.240 e. The van der Waals surface area contributed by atoms with E-state index in [1.54, 1.807) is 6.07 Å². The summed E-state index contributed by atoms with van der Waals surface area (Å²) in [5.41, 5.74) is 1.04. The Hall–Kier alpha value is -2.09. The number of rotatable bonds is 8. The molecule has 1 N–H and O–H groups in total. The van der Waals surface area contributed by atoms with Gasteiger partial charge in [0.1, 0.15) is 0 Å². The molecular weight excluding hydrogens is 340 g/mol. The van der Waals surface area contributed by atoms with E-state index in [2.05, 4.69) is 4.72 Å². The molecule has 0 bridgehead atoms. The number of benzene rings is 2. The molecular formula is C18H24N2O4S. The fraction of sp³-hybridized carbons (Fsp3) is 0.333.